The van der Waals surface area contributed by atoms with Crippen molar-refractivity contribution in [3.8, 4) is 23.4 Å². The summed E-state index contributed by atoms with van der Waals surface area (Å²) in [6.07, 6.45) is 6.30. The number of carbonyl (C=O) groups is 1. The zero-order valence-electron chi connectivity index (χ0n) is 17.7. The van der Waals surface area contributed by atoms with E-state index in [2.05, 4.69) is 31.9 Å². The third-order valence-electron chi connectivity index (χ3n) is 4.63. The first kappa shape index (κ1) is 20.5. The molecule has 1 saturated heterocycles. The highest BCUT2D eigenvalue weighted by atomic mass is 16.6. The Labute approximate surface area is 180 Å². The van der Waals surface area contributed by atoms with Crippen LogP contribution in [-0.2, 0) is 4.74 Å². The predicted molar refractivity (Wildman–Crippen MR) is 113 cm³/mol. The fraction of sp³-hybridized carbons (Fsp3) is 0.348. The summed E-state index contributed by atoms with van der Waals surface area (Å²) in [5.74, 6) is 6.89. The highest BCUT2D eigenvalue weighted by molar-refractivity contribution is 5.69. The van der Waals surface area contributed by atoms with Gasteiger partial charge in [0.25, 0.3) is 0 Å². The Hall–Kier alpha value is -3.73. The zero-order chi connectivity index (χ0) is 21.8. The van der Waals surface area contributed by atoms with Crippen LogP contribution in [0.5, 0.6) is 0 Å². The Morgan fingerprint density at radius 3 is 2.65 bits per heavy atom. The van der Waals surface area contributed by atoms with E-state index >= 15 is 0 Å². The fourth-order valence-corrected chi connectivity index (χ4v) is 3.22. The van der Waals surface area contributed by atoms with E-state index < -0.39 is 5.60 Å². The molecule has 1 fully saturated rings. The van der Waals surface area contributed by atoms with Crippen molar-refractivity contribution in [3.05, 3.63) is 59.9 Å². The fourth-order valence-electron chi connectivity index (χ4n) is 3.22. The van der Waals surface area contributed by atoms with E-state index in [0.717, 1.165) is 24.0 Å². The van der Waals surface area contributed by atoms with Crippen LogP contribution in [0, 0.1) is 11.8 Å². The Bertz CT molecular complexity index is 1110. The van der Waals surface area contributed by atoms with Gasteiger partial charge >= 0.3 is 6.09 Å². The lowest BCUT2D eigenvalue weighted by molar-refractivity contribution is 0.0199. The van der Waals surface area contributed by atoms with E-state index in [1.54, 1.807) is 29.6 Å². The van der Waals surface area contributed by atoms with Crippen LogP contribution in [-0.4, -0.2) is 43.2 Å². The Morgan fingerprint density at radius 1 is 1.16 bits per heavy atom. The van der Waals surface area contributed by atoms with Gasteiger partial charge in [-0.3, -0.25) is 14.9 Å². The lowest BCUT2D eigenvalue weighted by atomic mass is 10.2. The van der Waals surface area contributed by atoms with Crippen molar-refractivity contribution in [3.63, 3.8) is 0 Å². The van der Waals surface area contributed by atoms with Crippen molar-refractivity contribution < 1.29 is 14.1 Å². The first-order chi connectivity index (χ1) is 14.9. The highest BCUT2D eigenvalue weighted by Crippen LogP contribution is 2.33. The van der Waals surface area contributed by atoms with Crippen LogP contribution in [0.1, 0.15) is 56.7 Å². The molecule has 3 aromatic heterocycles. The zero-order valence-corrected chi connectivity index (χ0v) is 17.7. The van der Waals surface area contributed by atoms with E-state index in [-0.39, 0.29) is 12.1 Å². The van der Waals surface area contributed by atoms with Crippen LogP contribution in [0.25, 0.3) is 11.5 Å². The topological polar surface area (TPSA) is 94.2 Å². The first-order valence-electron chi connectivity index (χ1n) is 10.1. The first-order valence-corrected chi connectivity index (χ1v) is 10.1. The van der Waals surface area contributed by atoms with Gasteiger partial charge in [0.05, 0.1) is 0 Å². The van der Waals surface area contributed by atoms with Gasteiger partial charge in [-0.05, 0) is 57.9 Å². The Balaban J connectivity index is 1.47. The van der Waals surface area contributed by atoms with Crippen molar-refractivity contribution in [2.75, 3.05) is 6.54 Å². The van der Waals surface area contributed by atoms with Crippen molar-refractivity contribution in [1.82, 2.24) is 25.0 Å². The van der Waals surface area contributed by atoms with Crippen LogP contribution in [0.15, 0.2) is 47.4 Å². The molecule has 1 aliphatic heterocycles. The molecule has 8 nitrogen and oxygen atoms in total. The molecule has 1 amide bonds. The lowest BCUT2D eigenvalue weighted by Crippen LogP contribution is -2.36. The molecule has 0 aromatic carbocycles. The summed E-state index contributed by atoms with van der Waals surface area (Å²) >= 11 is 0. The second-order valence-corrected chi connectivity index (χ2v) is 8.21. The number of hydrogen-bond acceptors (Lipinski definition) is 7. The number of carbonyl (C=O) groups excluding carboxylic acids is 1. The molecule has 0 aliphatic carbocycles. The molecule has 4 heterocycles. The van der Waals surface area contributed by atoms with E-state index in [1.165, 1.54) is 0 Å². The van der Waals surface area contributed by atoms with Gasteiger partial charge in [-0.25, -0.2) is 4.79 Å². The molecular weight excluding hydrogens is 394 g/mol. The van der Waals surface area contributed by atoms with Crippen molar-refractivity contribution in [2.45, 2.75) is 45.3 Å². The average molecular weight is 417 g/mol. The van der Waals surface area contributed by atoms with Gasteiger partial charge in [0.15, 0.2) is 0 Å². The predicted octanol–water partition coefficient (Wildman–Crippen LogP) is 4.00. The number of amides is 1. The van der Waals surface area contributed by atoms with Gasteiger partial charge in [0, 0.05) is 36.3 Å². The lowest BCUT2D eigenvalue weighted by Gasteiger charge is -2.26. The summed E-state index contributed by atoms with van der Waals surface area (Å²) in [5, 5.41) is 4.05. The summed E-state index contributed by atoms with van der Waals surface area (Å²) < 4.78 is 11.0. The van der Waals surface area contributed by atoms with Crippen LogP contribution >= 0.6 is 0 Å². The monoisotopic (exact) mass is 417 g/mol. The van der Waals surface area contributed by atoms with Crippen LogP contribution in [0.2, 0.25) is 0 Å². The van der Waals surface area contributed by atoms with E-state index in [1.807, 2.05) is 39.0 Å². The molecule has 0 radical (unpaired) electrons. The molecule has 8 heteroatoms. The van der Waals surface area contributed by atoms with Crippen LogP contribution < -0.4 is 0 Å². The van der Waals surface area contributed by atoms with Crippen molar-refractivity contribution in [2.24, 2.45) is 0 Å². The van der Waals surface area contributed by atoms with Gasteiger partial charge in [-0.1, -0.05) is 17.0 Å². The molecule has 0 N–H and O–H groups in total. The number of likely N-dealkylation sites (tertiary alicyclic amines) is 1. The van der Waals surface area contributed by atoms with Gasteiger partial charge in [-0.2, -0.15) is 4.98 Å². The second-order valence-electron chi connectivity index (χ2n) is 8.21. The largest absolute Gasteiger partial charge is 0.444 e. The number of aromatic nitrogens is 4. The smallest absolute Gasteiger partial charge is 0.410 e. The Morgan fingerprint density at radius 2 is 1.94 bits per heavy atom. The molecule has 1 aliphatic rings. The van der Waals surface area contributed by atoms with Crippen molar-refractivity contribution in [1.29, 1.82) is 0 Å². The summed E-state index contributed by atoms with van der Waals surface area (Å²) in [5.41, 5.74) is 1.67. The minimum absolute atomic E-state index is 0.290. The highest BCUT2D eigenvalue weighted by Gasteiger charge is 2.36. The minimum Gasteiger partial charge on any atom is -0.444 e. The van der Waals surface area contributed by atoms with E-state index in [0.29, 0.717) is 24.0 Å². The third-order valence-corrected chi connectivity index (χ3v) is 4.63. The maximum atomic E-state index is 12.5. The quantitative estimate of drug-likeness (QED) is 0.582. The van der Waals surface area contributed by atoms with Gasteiger partial charge in [-0.15, -0.1) is 0 Å². The maximum absolute atomic E-state index is 12.5. The van der Waals surface area contributed by atoms with E-state index in [9.17, 15) is 4.79 Å². The molecule has 4 rings (SSSR count). The summed E-state index contributed by atoms with van der Waals surface area (Å²) in [7, 11) is 0. The van der Waals surface area contributed by atoms with Crippen LogP contribution in [0.4, 0.5) is 4.79 Å². The number of nitrogens with zero attached hydrogens (tertiary/aromatic N) is 5. The normalized spacial score (nSPS) is 16.0. The average Bonchev–Trinajstić information content (AvgIpc) is 3.42. The summed E-state index contributed by atoms with van der Waals surface area (Å²) in [6, 6.07) is 7.06. The summed E-state index contributed by atoms with van der Waals surface area (Å²) in [4.78, 5) is 27.0. The van der Waals surface area contributed by atoms with Gasteiger partial charge < -0.3 is 9.26 Å². The molecule has 1 atom stereocenters. The van der Waals surface area contributed by atoms with Gasteiger partial charge in [0.1, 0.15) is 17.3 Å². The molecule has 0 spiro atoms. The molecule has 1 unspecified atom stereocenters. The Kier molecular flexibility index (Phi) is 5.67. The standard InChI is InChI=1S/C23H23N5O3/c1-23(2,3)30-22(29)28-14-4-5-19(28)21-26-20(27-31-21)18-9-8-17(15-25-18)7-6-16-10-12-24-13-11-16/h8-13,15,19H,4-5,14H2,1-3H3. The van der Waals surface area contributed by atoms with E-state index in [4.69, 9.17) is 9.26 Å². The number of hydrogen-bond donors (Lipinski definition) is 0. The molecule has 31 heavy (non-hydrogen) atoms. The maximum Gasteiger partial charge on any atom is 0.410 e. The number of ether oxygens (including phenoxy) is 1. The molecule has 3 aromatic rings. The molecule has 158 valence electrons. The SMILES string of the molecule is CC(C)(C)OC(=O)N1CCCC1c1nc(-c2ccc(C#Cc3ccncc3)cn2)no1. The number of pyridine rings is 2. The molecule has 0 saturated carbocycles. The van der Waals surface area contributed by atoms with Gasteiger partial charge in [0.2, 0.25) is 11.7 Å². The molecular formula is C23H23N5O3. The second kappa shape index (κ2) is 8.56. The van der Waals surface area contributed by atoms with Crippen molar-refractivity contribution >= 4 is 6.09 Å². The molecule has 0 bridgehead atoms. The number of rotatable bonds is 2. The third kappa shape index (κ3) is 5.07. The summed E-state index contributed by atoms with van der Waals surface area (Å²) in [6.45, 7) is 6.13. The minimum atomic E-state index is -0.559. The van der Waals surface area contributed by atoms with Crippen LogP contribution in [0.3, 0.4) is 0 Å².